The maximum Gasteiger partial charge on any atom is 0.254 e. The number of halogens is 1. The average molecular weight is 579 g/mol. The summed E-state index contributed by atoms with van der Waals surface area (Å²) in [6, 6.07) is 16.8. The summed E-state index contributed by atoms with van der Waals surface area (Å²) in [5.74, 6) is -1.70. The number of benzene rings is 3. The van der Waals surface area contributed by atoms with Crippen LogP contribution in [-0.4, -0.2) is 63.6 Å². The van der Waals surface area contributed by atoms with Crippen molar-refractivity contribution in [3.8, 4) is 5.75 Å². The maximum atomic E-state index is 13.7. The van der Waals surface area contributed by atoms with Crippen molar-refractivity contribution in [2.45, 2.75) is 57.5 Å². The number of phenolic OH excluding ortho intramolecular Hbond substituents is 1. The second kappa shape index (κ2) is 13.2. The van der Waals surface area contributed by atoms with Crippen molar-refractivity contribution >= 4 is 29.3 Å². The molecule has 0 spiro atoms. The largest absolute Gasteiger partial charge is 0.508 e. The van der Waals surface area contributed by atoms with Crippen molar-refractivity contribution in [2.24, 2.45) is 5.73 Å². The van der Waals surface area contributed by atoms with Gasteiger partial charge in [-0.2, -0.15) is 0 Å². The second-order valence-electron chi connectivity index (χ2n) is 10.4. The van der Waals surface area contributed by atoms with Crippen molar-refractivity contribution in [1.82, 2.24) is 15.5 Å². The highest BCUT2D eigenvalue weighted by Crippen LogP contribution is 2.23. The van der Waals surface area contributed by atoms with Gasteiger partial charge in [-0.05, 0) is 61.6 Å². The number of nitrogens with zero attached hydrogens (tertiary/aromatic N) is 1. The first-order valence-electron chi connectivity index (χ1n) is 13.5. The monoisotopic (exact) mass is 578 g/mol. The van der Waals surface area contributed by atoms with Crippen LogP contribution in [0.15, 0.2) is 66.7 Å². The Balaban J connectivity index is 1.53. The van der Waals surface area contributed by atoms with Crippen molar-refractivity contribution in [3.05, 3.63) is 99.6 Å². The summed E-state index contributed by atoms with van der Waals surface area (Å²) in [4.78, 5) is 41.4. The molecule has 0 aliphatic carbocycles. The molecule has 4 rings (SSSR count). The van der Waals surface area contributed by atoms with E-state index >= 15 is 0 Å². The molecule has 216 valence electrons. The average Bonchev–Trinajstić information content (AvgIpc) is 3.35. The molecule has 0 radical (unpaired) electrons. The summed E-state index contributed by atoms with van der Waals surface area (Å²) in [5, 5.41) is 27.6. The summed E-state index contributed by atoms with van der Waals surface area (Å²) in [7, 11) is 0. The van der Waals surface area contributed by atoms with Crippen molar-refractivity contribution < 1.29 is 24.6 Å². The van der Waals surface area contributed by atoms with E-state index in [-0.39, 0.29) is 37.2 Å². The molecule has 10 heteroatoms. The number of aryl methyl sites for hydroxylation is 1. The van der Waals surface area contributed by atoms with E-state index < -0.39 is 42.0 Å². The van der Waals surface area contributed by atoms with E-state index in [9.17, 15) is 24.6 Å². The summed E-state index contributed by atoms with van der Waals surface area (Å²) in [6.07, 6.45) is -1.28. The minimum absolute atomic E-state index is 0.0409. The predicted octanol–water partition coefficient (Wildman–Crippen LogP) is 2.61. The Labute approximate surface area is 244 Å². The fourth-order valence-corrected chi connectivity index (χ4v) is 5.40. The third kappa shape index (κ3) is 7.05. The van der Waals surface area contributed by atoms with Gasteiger partial charge in [0, 0.05) is 35.3 Å². The molecule has 4 unspecified atom stereocenters. The highest BCUT2D eigenvalue weighted by Gasteiger charge is 2.42. The van der Waals surface area contributed by atoms with E-state index in [4.69, 9.17) is 17.3 Å². The number of amides is 3. The van der Waals surface area contributed by atoms with Crippen LogP contribution in [0, 0.1) is 13.8 Å². The Morgan fingerprint density at radius 1 is 1.05 bits per heavy atom. The number of likely N-dealkylation sites (tertiary alicyclic amines) is 1. The van der Waals surface area contributed by atoms with Gasteiger partial charge in [0.15, 0.2) is 6.10 Å². The van der Waals surface area contributed by atoms with Gasteiger partial charge < -0.3 is 31.5 Å². The first-order chi connectivity index (χ1) is 19.6. The minimum atomic E-state index is -1.66. The number of rotatable bonds is 9. The van der Waals surface area contributed by atoms with Crippen LogP contribution in [0.1, 0.15) is 39.0 Å². The highest BCUT2D eigenvalue weighted by atomic mass is 35.5. The molecule has 0 bridgehead atoms. The first-order valence-corrected chi connectivity index (χ1v) is 13.8. The van der Waals surface area contributed by atoms with E-state index in [0.717, 1.165) is 16.7 Å². The zero-order chi connectivity index (χ0) is 29.7. The number of nitrogens with one attached hydrogen (secondary N) is 2. The van der Waals surface area contributed by atoms with Crippen LogP contribution in [0.5, 0.6) is 5.75 Å². The quantitative estimate of drug-likeness (QED) is 0.264. The van der Waals surface area contributed by atoms with Crippen LogP contribution in [-0.2, 0) is 22.6 Å². The predicted molar refractivity (Wildman–Crippen MR) is 156 cm³/mol. The zero-order valence-corrected chi connectivity index (χ0v) is 23.8. The van der Waals surface area contributed by atoms with Gasteiger partial charge in [-0.15, -0.1) is 0 Å². The molecule has 3 aromatic rings. The molecule has 1 heterocycles. The number of aliphatic hydroxyl groups is 1. The van der Waals surface area contributed by atoms with Crippen molar-refractivity contribution in [3.63, 3.8) is 0 Å². The molecule has 3 aromatic carbocycles. The molecule has 1 saturated heterocycles. The molecule has 0 saturated carbocycles. The molecular formula is C31H35ClN4O5. The molecule has 41 heavy (non-hydrogen) atoms. The number of hydrogen-bond acceptors (Lipinski definition) is 6. The molecule has 4 atom stereocenters. The molecular weight excluding hydrogens is 544 g/mol. The second-order valence-corrected chi connectivity index (χ2v) is 10.8. The van der Waals surface area contributed by atoms with E-state index in [1.165, 1.54) is 11.0 Å². The van der Waals surface area contributed by atoms with Gasteiger partial charge in [-0.3, -0.25) is 14.4 Å². The van der Waals surface area contributed by atoms with E-state index in [0.29, 0.717) is 10.6 Å². The maximum absolute atomic E-state index is 13.7. The fourth-order valence-electron chi connectivity index (χ4n) is 5.11. The van der Waals surface area contributed by atoms with Crippen LogP contribution < -0.4 is 16.4 Å². The molecule has 3 amide bonds. The van der Waals surface area contributed by atoms with Gasteiger partial charge in [-0.1, -0.05) is 60.1 Å². The number of carbonyl (C=O) groups is 3. The van der Waals surface area contributed by atoms with Crippen LogP contribution in [0.2, 0.25) is 5.02 Å². The smallest absolute Gasteiger partial charge is 0.254 e. The lowest BCUT2D eigenvalue weighted by Crippen LogP contribution is -2.56. The molecule has 9 nitrogen and oxygen atoms in total. The standard InChI is InChI=1S/C31H35ClN4O5/c1-18-8-6-12-24(32)23(18)16-34-30(40)26-15-21(33)17-36(26)31(41)28(38)25(14-20-9-4-3-5-10-20)35-29(39)22-11-7-13-27(37)19(22)2/h3-13,21,25-26,28,37-38H,14-17,33H2,1-2H3,(H,34,40)(H,35,39). The summed E-state index contributed by atoms with van der Waals surface area (Å²) in [6.45, 7) is 3.76. The van der Waals surface area contributed by atoms with Crippen molar-refractivity contribution in [2.75, 3.05) is 6.54 Å². The summed E-state index contributed by atoms with van der Waals surface area (Å²) >= 11 is 6.30. The molecule has 6 N–H and O–H groups in total. The van der Waals surface area contributed by atoms with Gasteiger partial charge in [0.2, 0.25) is 5.91 Å². The van der Waals surface area contributed by atoms with Crippen LogP contribution in [0.4, 0.5) is 0 Å². The number of carbonyl (C=O) groups excluding carboxylic acids is 3. The first kappa shape index (κ1) is 30.0. The van der Waals surface area contributed by atoms with Gasteiger partial charge in [0.25, 0.3) is 11.8 Å². The number of aliphatic hydroxyl groups excluding tert-OH is 1. The number of hydrogen-bond donors (Lipinski definition) is 5. The third-order valence-corrected chi connectivity index (χ3v) is 7.86. The van der Waals surface area contributed by atoms with Crippen LogP contribution in [0.3, 0.4) is 0 Å². The third-order valence-electron chi connectivity index (χ3n) is 7.51. The van der Waals surface area contributed by atoms with E-state index in [2.05, 4.69) is 10.6 Å². The van der Waals surface area contributed by atoms with Gasteiger partial charge in [0.1, 0.15) is 11.8 Å². The Bertz CT molecular complexity index is 1400. The molecule has 1 aliphatic heterocycles. The Kier molecular flexibility index (Phi) is 9.65. The Morgan fingerprint density at radius 2 is 1.76 bits per heavy atom. The lowest BCUT2D eigenvalue weighted by atomic mass is 9.98. The van der Waals surface area contributed by atoms with Crippen LogP contribution in [0.25, 0.3) is 0 Å². The van der Waals surface area contributed by atoms with E-state index in [1.807, 2.05) is 49.4 Å². The Morgan fingerprint density at radius 3 is 2.46 bits per heavy atom. The van der Waals surface area contributed by atoms with E-state index in [1.54, 1.807) is 25.1 Å². The topological polar surface area (TPSA) is 145 Å². The summed E-state index contributed by atoms with van der Waals surface area (Å²) < 4.78 is 0. The minimum Gasteiger partial charge on any atom is -0.508 e. The lowest BCUT2D eigenvalue weighted by molar-refractivity contribution is -0.146. The van der Waals surface area contributed by atoms with Crippen LogP contribution >= 0.6 is 11.6 Å². The van der Waals surface area contributed by atoms with Crippen molar-refractivity contribution in [1.29, 1.82) is 0 Å². The molecule has 1 aliphatic rings. The van der Waals surface area contributed by atoms with Gasteiger partial charge >= 0.3 is 0 Å². The molecule has 1 fully saturated rings. The number of nitrogens with two attached hydrogens (primary N) is 1. The SMILES string of the molecule is Cc1cccc(Cl)c1CNC(=O)C1CC(N)CN1C(=O)C(O)C(Cc1ccccc1)NC(=O)c1cccc(O)c1C. The molecule has 0 aromatic heterocycles. The summed E-state index contributed by atoms with van der Waals surface area (Å²) in [5.41, 5.74) is 9.25. The number of aromatic hydroxyl groups is 1. The zero-order valence-electron chi connectivity index (χ0n) is 23.0. The normalized spacial score (nSPS) is 18.0. The van der Waals surface area contributed by atoms with Gasteiger partial charge in [0.05, 0.1) is 6.04 Å². The fraction of sp³-hybridized carbons (Fsp3) is 0.323. The Hall–Kier alpha value is -3.92. The lowest BCUT2D eigenvalue weighted by Gasteiger charge is -2.30. The van der Waals surface area contributed by atoms with Gasteiger partial charge in [-0.25, -0.2) is 0 Å². The number of phenols is 1. The highest BCUT2D eigenvalue weighted by molar-refractivity contribution is 6.31.